The van der Waals surface area contributed by atoms with E-state index in [0.29, 0.717) is 10.2 Å². The second kappa shape index (κ2) is 4.80. The second-order valence-corrected chi connectivity index (χ2v) is 4.42. The van der Waals surface area contributed by atoms with Crippen LogP contribution in [0.15, 0.2) is 46.3 Å². The van der Waals surface area contributed by atoms with Crippen LogP contribution in [0.4, 0.5) is 8.78 Å². The van der Waals surface area contributed by atoms with Crippen molar-refractivity contribution in [1.82, 2.24) is 4.98 Å². The van der Waals surface area contributed by atoms with Gasteiger partial charge >= 0.3 is 0 Å². The third-order valence-corrected chi connectivity index (χ3v) is 2.98. The van der Waals surface area contributed by atoms with Gasteiger partial charge in [0, 0.05) is 0 Å². The minimum absolute atomic E-state index is 0.190. The van der Waals surface area contributed by atoms with Crippen LogP contribution in [0.1, 0.15) is 0 Å². The number of rotatable bonds is 2. The maximum Gasteiger partial charge on any atom is 0.137 e. The molecule has 0 saturated carbocycles. The zero-order chi connectivity index (χ0) is 11.5. The van der Waals surface area contributed by atoms with Crippen LogP contribution in [0.5, 0.6) is 0 Å². The lowest BCUT2D eigenvalue weighted by molar-refractivity contribution is 0.577. The summed E-state index contributed by atoms with van der Waals surface area (Å²) in [7, 11) is 0. The smallest absolute Gasteiger partial charge is 0.137 e. The molecule has 5 heteroatoms. The number of nitrogens with zero attached hydrogens (tertiary/aromatic N) is 1. The third kappa shape index (κ3) is 2.71. The van der Waals surface area contributed by atoms with Crippen LogP contribution in [0.25, 0.3) is 0 Å². The van der Waals surface area contributed by atoms with Crippen LogP contribution in [0.3, 0.4) is 0 Å². The van der Waals surface area contributed by atoms with Gasteiger partial charge in [0.25, 0.3) is 0 Å². The summed E-state index contributed by atoms with van der Waals surface area (Å²) in [4.78, 5) is 4.17. The van der Waals surface area contributed by atoms with E-state index in [-0.39, 0.29) is 4.90 Å². The Bertz CT molecular complexity index is 519. The Morgan fingerprint density at radius 1 is 1.12 bits per heavy atom. The topological polar surface area (TPSA) is 12.9 Å². The van der Waals surface area contributed by atoms with Crippen LogP contribution < -0.4 is 0 Å². The number of hydrogen-bond donors (Lipinski definition) is 0. The molecule has 1 aromatic heterocycles. The predicted molar refractivity (Wildman–Crippen MR) is 59.7 cm³/mol. The zero-order valence-electron chi connectivity index (χ0n) is 7.95. The Labute approximate surface area is 100 Å². The van der Waals surface area contributed by atoms with Crippen molar-refractivity contribution in [1.29, 1.82) is 0 Å². The highest BCUT2D eigenvalue weighted by molar-refractivity contribution is 7.99. The monoisotopic (exact) mass is 257 g/mol. The van der Waals surface area contributed by atoms with Gasteiger partial charge in [-0.15, -0.1) is 0 Å². The van der Waals surface area contributed by atoms with E-state index < -0.39 is 11.6 Å². The number of hydrogen-bond acceptors (Lipinski definition) is 2. The van der Waals surface area contributed by atoms with Crippen LogP contribution >= 0.6 is 23.4 Å². The number of pyridine rings is 1. The molecule has 2 aromatic rings. The molecule has 0 N–H and O–H groups in total. The first kappa shape index (κ1) is 11.4. The number of halogens is 3. The first-order chi connectivity index (χ1) is 7.65. The zero-order valence-corrected chi connectivity index (χ0v) is 9.53. The average molecular weight is 258 g/mol. The van der Waals surface area contributed by atoms with Gasteiger partial charge in [0.05, 0.1) is 4.90 Å². The van der Waals surface area contributed by atoms with Gasteiger partial charge in [0.2, 0.25) is 0 Å². The summed E-state index contributed by atoms with van der Waals surface area (Å²) in [6.45, 7) is 0. The average Bonchev–Trinajstić information content (AvgIpc) is 2.24. The first-order valence-corrected chi connectivity index (χ1v) is 5.60. The van der Waals surface area contributed by atoms with Crippen molar-refractivity contribution in [2.75, 3.05) is 0 Å². The van der Waals surface area contributed by atoms with Crippen LogP contribution in [-0.4, -0.2) is 4.98 Å². The molecule has 1 aromatic carbocycles. The molecule has 82 valence electrons. The second-order valence-electron chi connectivity index (χ2n) is 2.98. The molecule has 1 heterocycles. The van der Waals surface area contributed by atoms with Crippen molar-refractivity contribution in [3.63, 3.8) is 0 Å². The molecule has 0 amide bonds. The fourth-order valence-corrected chi connectivity index (χ4v) is 2.18. The predicted octanol–water partition coefficient (Wildman–Crippen LogP) is 4.16. The molecule has 0 saturated heterocycles. The largest absolute Gasteiger partial charge is 0.229 e. The van der Waals surface area contributed by atoms with E-state index >= 15 is 0 Å². The van der Waals surface area contributed by atoms with Gasteiger partial charge < -0.3 is 0 Å². The highest BCUT2D eigenvalue weighted by atomic mass is 35.5. The van der Waals surface area contributed by atoms with Crippen LogP contribution in [-0.2, 0) is 0 Å². The summed E-state index contributed by atoms with van der Waals surface area (Å²) in [6, 6.07) is 8.29. The van der Waals surface area contributed by atoms with E-state index in [4.69, 9.17) is 11.6 Å². The van der Waals surface area contributed by atoms with Gasteiger partial charge in [-0.25, -0.2) is 13.8 Å². The molecule has 0 aliphatic heterocycles. The van der Waals surface area contributed by atoms with Crippen molar-refractivity contribution in [2.24, 2.45) is 0 Å². The van der Waals surface area contributed by atoms with Gasteiger partial charge in [-0.1, -0.05) is 29.4 Å². The van der Waals surface area contributed by atoms with Gasteiger partial charge in [0.15, 0.2) is 0 Å². The molecular weight excluding hydrogens is 252 g/mol. The summed E-state index contributed by atoms with van der Waals surface area (Å²) in [5.41, 5.74) is 0. The Kier molecular flexibility index (Phi) is 3.41. The van der Waals surface area contributed by atoms with E-state index in [1.807, 2.05) is 0 Å². The SMILES string of the molecule is Fc1ccc(F)c(Sc2cccc(Cl)n2)c1. The molecule has 0 fully saturated rings. The lowest BCUT2D eigenvalue weighted by atomic mass is 10.3. The van der Waals surface area contributed by atoms with E-state index in [2.05, 4.69) is 4.98 Å². The van der Waals surface area contributed by atoms with Crippen molar-refractivity contribution in [2.45, 2.75) is 9.92 Å². The Morgan fingerprint density at radius 3 is 2.69 bits per heavy atom. The van der Waals surface area contributed by atoms with Crippen molar-refractivity contribution in [3.05, 3.63) is 53.2 Å². The lowest BCUT2D eigenvalue weighted by Crippen LogP contribution is -1.85. The minimum atomic E-state index is -0.481. The van der Waals surface area contributed by atoms with Crippen LogP contribution in [0.2, 0.25) is 5.15 Å². The fourth-order valence-electron chi connectivity index (χ4n) is 1.11. The number of aromatic nitrogens is 1. The summed E-state index contributed by atoms with van der Waals surface area (Å²) >= 11 is 6.72. The molecule has 0 atom stereocenters. The molecule has 0 aliphatic rings. The molecule has 0 bridgehead atoms. The molecule has 0 spiro atoms. The van der Waals surface area contributed by atoms with Gasteiger partial charge in [0.1, 0.15) is 21.8 Å². The van der Waals surface area contributed by atoms with E-state index in [0.717, 1.165) is 30.0 Å². The Balaban J connectivity index is 2.30. The Hall–Kier alpha value is -1.13. The molecule has 0 radical (unpaired) electrons. The Morgan fingerprint density at radius 2 is 1.94 bits per heavy atom. The van der Waals surface area contributed by atoms with E-state index in [9.17, 15) is 8.78 Å². The van der Waals surface area contributed by atoms with Crippen LogP contribution in [0, 0.1) is 11.6 Å². The molecule has 0 aliphatic carbocycles. The van der Waals surface area contributed by atoms with Crippen molar-refractivity contribution >= 4 is 23.4 Å². The lowest BCUT2D eigenvalue weighted by Gasteiger charge is -2.02. The maximum absolute atomic E-state index is 13.3. The van der Waals surface area contributed by atoms with Gasteiger partial charge in [-0.2, -0.15) is 0 Å². The standard InChI is InChI=1S/C11H6ClF2NS/c12-10-2-1-3-11(15-10)16-9-6-7(13)4-5-8(9)14/h1-6H. The summed E-state index contributed by atoms with van der Waals surface area (Å²) in [6.07, 6.45) is 0. The molecule has 1 nitrogen and oxygen atoms in total. The van der Waals surface area contributed by atoms with Gasteiger partial charge in [-0.05, 0) is 30.3 Å². The highest BCUT2D eigenvalue weighted by Gasteiger charge is 2.06. The van der Waals surface area contributed by atoms with Crippen molar-refractivity contribution < 1.29 is 8.78 Å². The maximum atomic E-state index is 13.3. The molecule has 0 unspecified atom stereocenters. The van der Waals surface area contributed by atoms with Gasteiger partial charge in [-0.3, -0.25) is 0 Å². The third-order valence-electron chi connectivity index (χ3n) is 1.80. The van der Waals surface area contributed by atoms with Crippen molar-refractivity contribution in [3.8, 4) is 0 Å². The molecular formula is C11H6ClF2NS. The normalized spacial score (nSPS) is 10.4. The molecule has 16 heavy (non-hydrogen) atoms. The summed E-state index contributed by atoms with van der Waals surface area (Å²) in [5.74, 6) is -0.959. The summed E-state index contributed by atoms with van der Waals surface area (Å²) in [5, 5.41) is 0.846. The highest BCUT2D eigenvalue weighted by Crippen LogP contribution is 2.29. The quantitative estimate of drug-likeness (QED) is 0.749. The molecule has 2 rings (SSSR count). The van der Waals surface area contributed by atoms with E-state index in [1.165, 1.54) is 0 Å². The first-order valence-electron chi connectivity index (χ1n) is 4.40. The minimum Gasteiger partial charge on any atom is -0.229 e. The fraction of sp³-hybridized carbons (Fsp3) is 0. The summed E-state index contributed by atoms with van der Waals surface area (Å²) < 4.78 is 26.2. The van der Waals surface area contributed by atoms with E-state index in [1.54, 1.807) is 18.2 Å². The number of benzene rings is 1.